The van der Waals surface area contributed by atoms with E-state index in [-0.39, 0.29) is 0 Å². The molecule has 2 aromatic carbocycles. The van der Waals surface area contributed by atoms with Crippen LogP contribution < -0.4 is 9.47 Å². The first-order valence-electron chi connectivity index (χ1n) is 6.80. The maximum atomic E-state index is 6.30. The highest BCUT2D eigenvalue weighted by molar-refractivity contribution is 7.71. The lowest BCUT2D eigenvalue weighted by Gasteiger charge is -2.13. The molecule has 3 aromatic rings. The van der Waals surface area contributed by atoms with Gasteiger partial charge < -0.3 is 9.47 Å². The molecule has 0 unspecified atom stereocenters. The average molecular weight is 348 g/mol. The Labute approximate surface area is 143 Å². The number of ether oxygens (including phenoxy) is 2. The Morgan fingerprint density at radius 1 is 1.13 bits per heavy atom. The number of aromatic nitrogens is 3. The predicted molar refractivity (Wildman–Crippen MR) is 92.3 cm³/mol. The number of hydrogen-bond acceptors (Lipinski definition) is 4. The summed E-state index contributed by atoms with van der Waals surface area (Å²) in [7, 11) is 3.20. The summed E-state index contributed by atoms with van der Waals surface area (Å²) in [4.78, 5) is 0. The molecule has 0 radical (unpaired) electrons. The van der Waals surface area contributed by atoms with E-state index in [0.717, 1.165) is 11.3 Å². The third kappa shape index (κ3) is 2.83. The Morgan fingerprint density at radius 2 is 1.91 bits per heavy atom. The number of benzene rings is 2. The second-order valence-electron chi connectivity index (χ2n) is 4.71. The molecule has 0 bridgehead atoms. The molecule has 1 heterocycles. The van der Waals surface area contributed by atoms with Gasteiger partial charge in [0.25, 0.3) is 0 Å². The molecule has 0 saturated heterocycles. The fraction of sp³-hybridized carbons (Fsp3) is 0.125. The first kappa shape index (κ1) is 15.6. The fourth-order valence-corrected chi connectivity index (χ4v) is 2.76. The minimum atomic E-state index is 0.448. The SMILES string of the molecule is COc1ccc(-n2c(-c3ccccc3Cl)n[nH]c2=S)c(OC)c1. The molecule has 0 spiro atoms. The largest absolute Gasteiger partial charge is 0.497 e. The molecule has 1 N–H and O–H groups in total. The highest BCUT2D eigenvalue weighted by Gasteiger charge is 2.16. The van der Waals surface area contributed by atoms with Gasteiger partial charge in [-0.2, -0.15) is 5.10 Å². The first-order chi connectivity index (χ1) is 11.2. The minimum Gasteiger partial charge on any atom is -0.497 e. The molecule has 23 heavy (non-hydrogen) atoms. The van der Waals surface area contributed by atoms with Crippen LogP contribution in [0.5, 0.6) is 11.5 Å². The van der Waals surface area contributed by atoms with Gasteiger partial charge in [-0.15, -0.1) is 0 Å². The quantitative estimate of drug-likeness (QED) is 0.716. The van der Waals surface area contributed by atoms with Gasteiger partial charge in [0.05, 0.1) is 24.9 Å². The second kappa shape index (κ2) is 6.44. The van der Waals surface area contributed by atoms with Crippen LogP contribution in [0.15, 0.2) is 42.5 Å². The van der Waals surface area contributed by atoms with Crippen LogP contribution in [0.2, 0.25) is 5.02 Å². The van der Waals surface area contributed by atoms with Crippen LogP contribution in [0.4, 0.5) is 0 Å². The number of aromatic amines is 1. The topological polar surface area (TPSA) is 52.1 Å². The van der Waals surface area contributed by atoms with E-state index in [9.17, 15) is 0 Å². The normalized spacial score (nSPS) is 10.6. The van der Waals surface area contributed by atoms with E-state index < -0.39 is 0 Å². The van der Waals surface area contributed by atoms with Gasteiger partial charge in [-0.1, -0.05) is 23.7 Å². The average Bonchev–Trinajstić information content (AvgIpc) is 2.96. The van der Waals surface area contributed by atoms with Gasteiger partial charge in [0.2, 0.25) is 0 Å². The van der Waals surface area contributed by atoms with Gasteiger partial charge in [-0.25, -0.2) is 0 Å². The Hall–Kier alpha value is -2.31. The lowest BCUT2D eigenvalue weighted by atomic mass is 10.2. The molecule has 0 saturated carbocycles. The summed E-state index contributed by atoms with van der Waals surface area (Å²) >= 11 is 11.7. The molecular formula is C16H14ClN3O2S. The van der Waals surface area contributed by atoms with Crippen LogP contribution in [0.3, 0.4) is 0 Å². The fourth-order valence-electron chi connectivity index (χ4n) is 2.31. The number of hydrogen-bond donors (Lipinski definition) is 1. The maximum absolute atomic E-state index is 6.30. The molecule has 0 fully saturated rings. The molecule has 1 aromatic heterocycles. The van der Waals surface area contributed by atoms with E-state index in [4.69, 9.17) is 33.3 Å². The van der Waals surface area contributed by atoms with Gasteiger partial charge in [0.1, 0.15) is 11.5 Å². The molecule has 0 aliphatic heterocycles. The van der Waals surface area contributed by atoms with Crippen molar-refractivity contribution in [2.24, 2.45) is 0 Å². The maximum Gasteiger partial charge on any atom is 0.200 e. The number of rotatable bonds is 4. The lowest BCUT2D eigenvalue weighted by molar-refractivity contribution is 0.393. The third-order valence-electron chi connectivity index (χ3n) is 3.41. The predicted octanol–water partition coefficient (Wildman–Crippen LogP) is 4.27. The molecule has 3 rings (SSSR count). The molecule has 0 atom stereocenters. The number of H-pyrrole nitrogens is 1. The standard InChI is InChI=1S/C16H14ClN3O2S/c1-21-10-7-8-13(14(9-10)22-2)20-15(18-19-16(20)23)11-5-3-4-6-12(11)17/h3-9H,1-2H3,(H,19,23). The van der Waals surface area contributed by atoms with Crippen molar-refractivity contribution in [1.82, 2.24) is 14.8 Å². The van der Waals surface area contributed by atoms with E-state index in [2.05, 4.69) is 10.2 Å². The second-order valence-corrected chi connectivity index (χ2v) is 5.50. The van der Waals surface area contributed by atoms with Crippen molar-refractivity contribution in [2.45, 2.75) is 0 Å². The van der Waals surface area contributed by atoms with Gasteiger partial charge >= 0.3 is 0 Å². The zero-order valence-corrected chi connectivity index (χ0v) is 14.1. The first-order valence-corrected chi connectivity index (χ1v) is 7.59. The van der Waals surface area contributed by atoms with Crippen molar-refractivity contribution in [2.75, 3.05) is 14.2 Å². The van der Waals surface area contributed by atoms with Crippen LogP contribution in [0.25, 0.3) is 17.1 Å². The Kier molecular flexibility index (Phi) is 4.36. The zero-order chi connectivity index (χ0) is 16.4. The van der Waals surface area contributed by atoms with Gasteiger partial charge in [-0.3, -0.25) is 9.67 Å². The van der Waals surface area contributed by atoms with Crippen LogP contribution in [0, 0.1) is 4.77 Å². The number of nitrogens with zero attached hydrogens (tertiary/aromatic N) is 2. The van der Waals surface area contributed by atoms with Crippen molar-refractivity contribution < 1.29 is 9.47 Å². The van der Waals surface area contributed by atoms with Crippen LogP contribution in [-0.4, -0.2) is 29.0 Å². The molecule has 0 amide bonds. The Balaban J connectivity index is 2.25. The number of methoxy groups -OCH3 is 2. The number of nitrogens with one attached hydrogen (secondary N) is 1. The summed E-state index contributed by atoms with van der Waals surface area (Å²) in [5.41, 5.74) is 1.53. The van der Waals surface area contributed by atoms with Crippen molar-refractivity contribution in [3.8, 4) is 28.6 Å². The zero-order valence-electron chi connectivity index (χ0n) is 12.5. The van der Waals surface area contributed by atoms with Crippen molar-refractivity contribution in [3.63, 3.8) is 0 Å². The summed E-state index contributed by atoms with van der Waals surface area (Å²) in [6, 6.07) is 13.0. The van der Waals surface area contributed by atoms with Gasteiger partial charge in [-0.05, 0) is 36.5 Å². The van der Waals surface area contributed by atoms with Crippen molar-refractivity contribution in [1.29, 1.82) is 0 Å². The molecule has 7 heteroatoms. The minimum absolute atomic E-state index is 0.448. The van der Waals surface area contributed by atoms with Crippen LogP contribution in [-0.2, 0) is 0 Å². The molecular weight excluding hydrogens is 334 g/mol. The highest BCUT2D eigenvalue weighted by Crippen LogP contribution is 2.33. The summed E-state index contributed by atoms with van der Waals surface area (Å²) in [5, 5.41) is 7.72. The van der Waals surface area contributed by atoms with Gasteiger partial charge in [0, 0.05) is 11.6 Å². The number of halogens is 1. The molecule has 118 valence electrons. The Morgan fingerprint density at radius 3 is 2.61 bits per heavy atom. The van der Waals surface area contributed by atoms with Crippen LogP contribution in [0.1, 0.15) is 0 Å². The summed E-state index contributed by atoms with van der Waals surface area (Å²) < 4.78 is 12.9. The molecule has 0 aliphatic rings. The van der Waals surface area contributed by atoms with Crippen molar-refractivity contribution >= 4 is 23.8 Å². The van der Waals surface area contributed by atoms with Crippen molar-refractivity contribution in [3.05, 3.63) is 52.3 Å². The highest BCUT2D eigenvalue weighted by atomic mass is 35.5. The van der Waals surface area contributed by atoms with Crippen LogP contribution >= 0.6 is 23.8 Å². The van der Waals surface area contributed by atoms with E-state index in [1.807, 2.05) is 36.4 Å². The van der Waals surface area contributed by atoms with E-state index in [0.29, 0.717) is 27.1 Å². The lowest BCUT2D eigenvalue weighted by Crippen LogP contribution is -2.01. The van der Waals surface area contributed by atoms with E-state index in [1.165, 1.54) is 0 Å². The summed E-state index contributed by atoms with van der Waals surface area (Å²) in [6.45, 7) is 0. The van der Waals surface area contributed by atoms with Gasteiger partial charge in [0.15, 0.2) is 10.6 Å². The summed E-state index contributed by atoms with van der Waals surface area (Å²) in [6.07, 6.45) is 0. The van der Waals surface area contributed by atoms with E-state index in [1.54, 1.807) is 24.9 Å². The van der Waals surface area contributed by atoms with E-state index >= 15 is 0 Å². The molecule has 5 nitrogen and oxygen atoms in total. The smallest absolute Gasteiger partial charge is 0.200 e. The third-order valence-corrected chi connectivity index (χ3v) is 4.02. The Bertz CT molecular complexity index is 904. The molecule has 0 aliphatic carbocycles. The summed E-state index contributed by atoms with van der Waals surface area (Å²) in [5.74, 6) is 1.93. The monoisotopic (exact) mass is 347 g/mol.